The molecular weight excluding hydrogens is 278 g/mol. The van der Waals surface area contributed by atoms with Crippen LogP contribution in [-0.2, 0) is 0 Å². The Kier molecular flexibility index (Phi) is 6.33. The van der Waals surface area contributed by atoms with Gasteiger partial charge in [0.2, 0.25) is 0 Å². The van der Waals surface area contributed by atoms with Gasteiger partial charge in [-0.3, -0.25) is 0 Å². The number of thioether (sulfide) groups is 1. The zero-order chi connectivity index (χ0) is 15.1. The number of aromatic nitrogens is 2. The molecule has 0 fully saturated rings. The van der Waals surface area contributed by atoms with Crippen LogP contribution in [0, 0.1) is 0 Å². The molecular formula is C17H25N3S. The number of hydrogen-bond donors (Lipinski definition) is 1. The molecule has 2 unspecified atom stereocenters. The molecule has 0 radical (unpaired) electrons. The fourth-order valence-corrected chi connectivity index (χ4v) is 3.28. The van der Waals surface area contributed by atoms with E-state index in [4.69, 9.17) is 0 Å². The second-order valence-electron chi connectivity index (χ2n) is 5.17. The summed E-state index contributed by atoms with van der Waals surface area (Å²) in [5.74, 6) is 1.07. The van der Waals surface area contributed by atoms with Gasteiger partial charge in [-0.05, 0) is 31.2 Å². The predicted molar refractivity (Wildman–Crippen MR) is 92.2 cm³/mol. The van der Waals surface area contributed by atoms with Crippen molar-refractivity contribution < 1.29 is 0 Å². The van der Waals surface area contributed by atoms with E-state index in [0.717, 1.165) is 18.0 Å². The molecule has 2 rings (SSSR count). The number of para-hydroxylation sites is 1. The molecule has 0 saturated carbocycles. The van der Waals surface area contributed by atoms with Crippen LogP contribution in [-0.4, -0.2) is 27.3 Å². The largest absolute Gasteiger partial charge is 0.308 e. The summed E-state index contributed by atoms with van der Waals surface area (Å²) in [6.45, 7) is 7.66. The fraction of sp³-hybridized carbons (Fsp3) is 0.471. The van der Waals surface area contributed by atoms with Crippen LogP contribution in [0.3, 0.4) is 0 Å². The van der Waals surface area contributed by atoms with Gasteiger partial charge in [-0.2, -0.15) is 16.9 Å². The minimum Gasteiger partial charge on any atom is -0.308 e. The Morgan fingerprint density at radius 3 is 2.62 bits per heavy atom. The van der Waals surface area contributed by atoms with Crippen molar-refractivity contribution in [2.24, 2.45) is 0 Å². The molecule has 0 aliphatic heterocycles. The van der Waals surface area contributed by atoms with E-state index < -0.39 is 0 Å². The topological polar surface area (TPSA) is 29.9 Å². The van der Waals surface area contributed by atoms with E-state index in [1.807, 2.05) is 28.7 Å². The Labute approximate surface area is 132 Å². The molecule has 2 atom stereocenters. The maximum Gasteiger partial charge on any atom is 0.0649 e. The molecule has 1 N–H and O–H groups in total. The van der Waals surface area contributed by atoms with Gasteiger partial charge in [0.05, 0.1) is 17.4 Å². The van der Waals surface area contributed by atoms with Crippen LogP contribution in [0.5, 0.6) is 0 Å². The average molecular weight is 303 g/mol. The van der Waals surface area contributed by atoms with Crippen molar-refractivity contribution in [1.29, 1.82) is 0 Å². The van der Waals surface area contributed by atoms with Crippen molar-refractivity contribution in [2.75, 3.05) is 12.3 Å². The van der Waals surface area contributed by atoms with E-state index in [1.54, 1.807) is 0 Å². The maximum absolute atomic E-state index is 4.50. The highest BCUT2D eigenvalue weighted by Crippen LogP contribution is 2.24. The molecule has 0 aliphatic carbocycles. The average Bonchev–Trinajstić information content (AvgIpc) is 3.01. The van der Waals surface area contributed by atoms with Gasteiger partial charge in [-0.15, -0.1) is 0 Å². The van der Waals surface area contributed by atoms with Crippen LogP contribution in [0.25, 0.3) is 5.69 Å². The van der Waals surface area contributed by atoms with Gasteiger partial charge in [0.15, 0.2) is 0 Å². The molecule has 2 aromatic rings. The number of nitrogens with one attached hydrogen (secondary N) is 1. The minimum atomic E-state index is 0.330. The normalized spacial score (nSPS) is 14.0. The van der Waals surface area contributed by atoms with E-state index in [0.29, 0.717) is 11.3 Å². The lowest BCUT2D eigenvalue weighted by Crippen LogP contribution is -2.26. The Morgan fingerprint density at radius 1 is 1.19 bits per heavy atom. The highest BCUT2D eigenvalue weighted by atomic mass is 32.2. The molecule has 0 aliphatic rings. The first-order valence-corrected chi connectivity index (χ1v) is 8.75. The number of nitrogens with zero attached hydrogens (tertiary/aromatic N) is 2. The molecule has 0 spiro atoms. The second-order valence-corrected chi connectivity index (χ2v) is 6.64. The molecule has 4 heteroatoms. The molecule has 114 valence electrons. The van der Waals surface area contributed by atoms with Gasteiger partial charge in [-0.25, -0.2) is 4.68 Å². The van der Waals surface area contributed by atoms with Crippen molar-refractivity contribution in [3.63, 3.8) is 0 Å². The van der Waals surface area contributed by atoms with E-state index in [2.05, 4.69) is 61.5 Å². The number of rotatable bonds is 8. The SMILES string of the molecule is CCNC(CSC(C)CC)c1ccnn1-c1ccccc1. The summed E-state index contributed by atoms with van der Waals surface area (Å²) in [5, 5.41) is 8.79. The van der Waals surface area contributed by atoms with Gasteiger partial charge in [0.1, 0.15) is 0 Å². The highest BCUT2D eigenvalue weighted by molar-refractivity contribution is 7.99. The molecule has 1 aromatic carbocycles. The molecule has 3 nitrogen and oxygen atoms in total. The third kappa shape index (κ3) is 4.35. The van der Waals surface area contributed by atoms with Crippen LogP contribution < -0.4 is 5.32 Å². The summed E-state index contributed by atoms with van der Waals surface area (Å²) in [4.78, 5) is 0. The van der Waals surface area contributed by atoms with E-state index in [9.17, 15) is 0 Å². The third-order valence-corrected chi connectivity index (χ3v) is 5.03. The van der Waals surface area contributed by atoms with Crippen LogP contribution >= 0.6 is 11.8 Å². The zero-order valence-corrected chi connectivity index (χ0v) is 13.9. The van der Waals surface area contributed by atoms with Gasteiger partial charge in [-0.1, -0.05) is 39.0 Å². The van der Waals surface area contributed by atoms with E-state index in [1.165, 1.54) is 12.1 Å². The first kappa shape index (κ1) is 16.1. The Hall–Kier alpha value is -1.26. The van der Waals surface area contributed by atoms with E-state index >= 15 is 0 Å². The summed E-state index contributed by atoms with van der Waals surface area (Å²) < 4.78 is 2.05. The first-order chi connectivity index (χ1) is 10.3. The molecule has 0 saturated heterocycles. The highest BCUT2D eigenvalue weighted by Gasteiger charge is 2.17. The third-order valence-electron chi connectivity index (χ3n) is 3.60. The van der Waals surface area contributed by atoms with Crippen molar-refractivity contribution >= 4 is 11.8 Å². The fourth-order valence-electron chi connectivity index (χ4n) is 2.24. The number of hydrogen-bond acceptors (Lipinski definition) is 3. The maximum atomic E-state index is 4.50. The molecule has 1 heterocycles. The van der Waals surface area contributed by atoms with Crippen LogP contribution in [0.15, 0.2) is 42.6 Å². The Balaban J connectivity index is 2.19. The Bertz CT molecular complexity index is 524. The smallest absolute Gasteiger partial charge is 0.0649 e. The van der Waals surface area contributed by atoms with Gasteiger partial charge < -0.3 is 5.32 Å². The van der Waals surface area contributed by atoms with Crippen LogP contribution in [0.4, 0.5) is 0 Å². The second kappa shape index (κ2) is 8.25. The lowest BCUT2D eigenvalue weighted by atomic mass is 10.2. The van der Waals surface area contributed by atoms with Gasteiger partial charge in [0.25, 0.3) is 0 Å². The van der Waals surface area contributed by atoms with Crippen molar-refractivity contribution in [3.8, 4) is 5.69 Å². The summed E-state index contributed by atoms with van der Waals surface area (Å²) in [6, 6.07) is 12.8. The van der Waals surface area contributed by atoms with Crippen molar-refractivity contribution in [3.05, 3.63) is 48.3 Å². The van der Waals surface area contributed by atoms with Gasteiger partial charge >= 0.3 is 0 Å². The van der Waals surface area contributed by atoms with E-state index in [-0.39, 0.29) is 0 Å². The van der Waals surface area contributed by atoms with Gasteiger partial charge in [0, 0.05) is 17.2 Å². The lowest BCUT2D eigenvalue weighted by molar-refractivity contribution is 0.570. The van der Waals surface area contributed by atoms with Crippen molar-refractivity contribution in [2.45, 2.75) is 38.5 Å². The molecule has 1 aromatic heterocycles. The molecule has 0 bridgehead atoms. The van der Waals surface area contributed by atoms with Crippen molar-refractivity contribution in [1.82, 2.24) is 15.1 Å². The van der Waals surface area contributed by atoms with Crippen LogP contribution in [0.1, 0.15) is 38.9 Å². The zero-order valence-electron chi connectivity index (χ0n) is 13.1. The molecule has 21 heavy (non-hydrogen) atoms. The summed E-state index contributed by atoms with van der Waals surface area (Å²) >= 11 is 2.02. The first-order valence-electron chi connectivity index (χ1n) is 7.70. The van der Waals surface area contributed by atoms with Crippen LogP contribution in [0.2, 0.25) is 0 Å². The standard InChI is InChI=1S/C17H25N3S/c1-4-14(3)21-13-16(18-5-2)17-11-12-19-20(17)15-9-7-6-8-10-15/h6-12,14,16,18H,4-5,13H2,1-3H3. The summed E-state index contributed by atoms with van der Waals surface area (Å²) in [6.07, 6.45) is 3.10. The quantitative estimate of drug-likeness (QED) is 0.797. The Morgan fingerprint density at radius 2 is 1.95 bits per heavy atom. The predicted octanol–water partition coefficient (Wildman–Crippen LogP) is 4.05. The summed E-state index contributed by atoms with van der Waals surface area (Å²) in [7, 11) is 0. The lowest BCUT2D eigenvalue weighted by Gasteiger charge is -2.21. The monoisotopic (exact) mass is 303 g/mol. The minimum absolute atomic E-state index is 0.330. The summed E-state index contributed by atoms with van der Waals surface area (Å²) in [5.41, 5.74) is 2.35. The number of benzene rings is 1. The molecule has 0 amide bonds.